The molecule has 2 aromatic rings. The van der Waals surface area contributed by atoms with Crippen molar-refractivity contribution in [1.82, 2.24) is 0 Å². The topological polar surface area (TPSA) is 198 Å². The van der Waals surface area contributed by atoms with Gasteiger partial charge in [0.25, 0.3) is 17.1 Å². The highest BCUT2D eigenvalue weighted by molar-refractivity contribution is 5.69. The molecule has 17 heteroatoms. The molecule has 0 radical (unpaired) electrons. The van der Waals surface area contributed by atoms with Gasteiger partial charge in [-0.1, -0.05) is 0 Å². The molecule has 0 bridgehead atoms. The summed E-state index contributed by atoms with van der Waals surface area (Å²) in [6, 6.07) is 6.58. The van der Waals surface area contributed by atoms with Crippen molar-refractivity contribution in [3.63, 3.8) is 0 Å². The van der Waals surface area contributed by atoms with Gasteiger partial charge >= 0.3 is 0 Å². The molecule has 0 saturated carbocycles. The molecule has 2 aromatic carbocycles. The van der Waals surface area contributed by atoms with Crippen LogP contribution in [0, 0.1) is 38.1 Å². The third kappa shape index (κ3) is 12.8. The van der Waals surface area contributed by atoms with Crippen LogP contribution in [0.1, 0.15) is 5.56 Å². The van der Waals surface area contributed by atoms with Gasteiger partial charge in [-0.3, -0.25) is 20.2 Å². The average molecular weight is 635 g/mol. The maximum absolute atomic E-state index is 11.3. The summed E-state index contributed by atoms with van der Waals surface area (Å²) in [6.07, 6.45) is 0. The molecule has 17 nitrogen and oxygen atoms in total. The molecule has 2 rings (SSSR count). The second kappa shape index (κ2) is 21.0. The van der Waals surface area contributed by atoms with E-state index in [1.807, 2.05) is 0 Å². The molecule has 0 fully saturated rings. The summed E-state index contributed by atoms with van der Waals surface area (Å²) in [5.74, 6) is 0.581. The van der Waals surface area contributed by atoms with Crippen molar-refractivity contribution in [3.8, 4) is 29.1 Å². The molecule has 0 aromatic heterocycles. The van der Waals surface area contributed by atoms with Crippen LogP contribution in [0.4, 0.5) is 17.1 Å². The number of hydrogen-bond acceptors (Lipinski definition) is 14. The van der Waals surface area contributed by atoms with Crippen LogP contribution in [0.25, 0.3) is 4.85 Å². The quantitative estimate of drug-likeness (QED) is 0.0704. The lowest BCUT2D eigenvalue weighted by Crippen LogP contribution is -2.15. The maximum Gasteiger partial charge on any atom is 0.291 e. The predicted molar refractivity (Wildman–Crippen MR) is 155 cm³/mol. The van der Waals surface area contributed by atoms with Crippen LogP contribution in [-0.2, 0) is 23.7 Å². The predicted octanol–water partition coefficient (Wildman–Crippen LogP) is 3.48. The number of benzene rings is 2. The normalized spacial score (nSPS) is 10.5. The monoisotopic (exact) mass is 634 g/mol. The Balaban J connectivity index is 1.66. The maximum atomic E-state index is 11.3. The Hall–Kier alpha value is -4.78. The van der Waals surface area contributed by atoms with E-state index in [4.69, 9.17) is 49.2 Å². The van der Waals surface area contributed by atoms with E-state index in [2.05, 4.69) is 4.85 Å². The van der Waals surface area contributed by atoms with Crippen LogP contribution in [0.15, 0.2) is 24.3 Å². The Morgan fingerprint density at radius 1 is 0.644 bits per heavy atom. The van der Waals surface area contributed by atoms with Gasteiger partial charge in [-0.05, 0) is 6.07 Å². The average Bonchev–Trinajstić information content (AvgIpc) is 3.03. The van der Waals surface area contributed by atoms with E-state index in [0.29, 0.717) is 0 Å². The highest BCUT2D eigenvalue weighted by Gasteiger charge is 2.21. The van der Waals surface area contributed by atoms with E-state index >= 15 is 0 Å². The second-order valence-electron chi connectivity index (χ2n) is 8.56. The Bertz CT molecular complexity index is 1330. The molecular weight excluding hydrogens is 600 g/mol. The minimum atomic E-state index is -0.668. The number of methoxy groups -OCH3 is 2. The van der Waals surface area contributed by atoms with Crippen LogP contribution < -0.4 is 18.9 Å². The van der Waals surface area contributed by atoms with Crippen LogP contribution in [-0.4, -0.2) is 103 Å². The van der Waals surface area contributed by atoms with E-state index in [1.54, 1.807) is 6.07 Å². The van der Waals surface area contributed by atoms with Crippen molar-refractivity contribution in [2.45, 2.75) is 0 Å². The van der Waals surface area contributed by atoms with Crippen LogP contribution >= 0.6 is 0 Å². The molecule has 0 amide bonds. The van der Waals surface area contributed by atoms with Gasteiger partial charge in [0.15, 0.2) is 23.0 Å². The van der Waals surface area contributed by atoms with Gasteiger partial charge in [-0.15, -0.1) is 0 Å². The summed E-state index contributed by atoms with van der Waals surface area (Å²) in [5.41, 5.74) is -1.11. The lowest BCUT2D eigenvalue weighted by molar-refractivity contribution is -0.385. The first-order valence-electron chi connectivity index (χ1n) is 13.5. The van der Waals surface area contributed by atoms with Gasteiger partial charge in [-0.25, -0.2) is 4.85 Å². The summed E-state index contributed by atoms with van der Waals surface area (Å²) >= 11 is 0. The summed E-state index contributed by atoms with van der Waals surface area (Å²) in [4.78, 5) is 24.4. The van der Waals surface area contributed by atoms with Crippen molar-refractivity contribution < 1.29 is 52.5 Å². The molecule has 0 aliphatic heterocycles. The van der Waals surface area contributed by atoms with Gasteiger partial charge < -0.3 is 42.6 Å². The molecule has 0 heterocycles. The third-order valence-corrected chi connectivity index (χ3v) is 5.54. The zero-order valence-corrected chi connectivity index (χ0v) is 24.9. The Morgan fingerprint density at radius 2 is 1.02 bits per heavy atom. The molecule has 0 unspecified atom stereocenters. The molecule has 0 aliphatic carbocycles. The molecule has 0 spiro atoms. The van der Waals surface area contributed by atoms with Crippen molar-refractivity contribution in [2.24, 2.45) is 0 Å². The van der Waals surface area contributed by atoms with E-state index in [-0.39, 0.29) is 114 Å². The van der Waals surface area contributed by atoms with E-state index in [1.165, 1.54) is 26.4 Å². The lowest BCUT2D eigenvalue weighted by atomic mass is 10.1. The fourth-order valence-electron chi connectivity index (χ4n) is 3.45. The van der Waals surface area contributed by atoms with Gasteiger partial charge in [0.2, 0.25) is 0 Å². The summed E-state index contributed by atoms with van der Waals surface area (Å²) in [5, 5.41) is 31.8. The van der Waals surface area contributed by atoms with Crippen LogP contribution in [0.2, 0.25) is 0 Å². The van der Waals surface area contributed by atoms with Crippen molar-refractivity contribution in [1.29, 1.82) is 5.26 Å². The Labute approximate surface area is 259 Å². The lowest BCUT2D eigenvalue weighted by Gasteiger charge is -2.14. The molecule has 0 aliphatic rings. The highest BCUT2D eigenvalue weighted by Crippen LogP contribution is 2.39. The summed E-state index contributed by atoms with van der Waals surface area (Å²) < 4.78 is 48.5. The first-order chi connectivity index (χ1) is 21.9. The number of nitro groups is 2. The van der Waals surface area contributed by atoms with Crippen molar-refractivity contribution in [2.75, 3.05) is 93.5 Å². The largest absolute Gasteiger partial charge is 0.489 e. The molecule has 0 atom stereocenters. The van der Waals surface area contributed by atoms with Gasteiger partial charge in [0.1, 0.15) is 38.1 Å². The Morgan fingerprint density at radius 3 is 1.42 bits per heavy atom. The molecule has 0 N–H and O–H groups in total. The number of nitrogens with zero attached hydrogens (tertiary/aromatic N) is 4. The first kappa shape index (κ1) is 36.4. The summed E-state index contributed by atoms with van der Waals surface area (Å²) in [7, 11) is 2.99. The zero-order chi connectivity index (χ0) is 32.9. The Kier molecular flexibility index (Phi) is 17.0. The smallest absolute Gasteiger partial charge is 0.291 e. The van der Waals surface area contributed by atoms with E-state index in [0.717, 1.165) is 12.1 Å². The standard InChI is InChI=1S/C28H34N4O13/c1-30-22-17-26(42-12-4-37-2)28(19-24(22)32(35)36)45-15-11-41-9-7-39-6-8-40-10-14-44-25-16-21(20-29)23(31(33)34)18-27(25)43-13-5-38-3/h16-19H,4-15H2,2-3H3. The first-order valence-corrected chi connectivity index (χ1v) is 13.5. The number of hydrogen-bond donors (Lipinski definition) is 0. The van der Waals surface area contributed by atoms with Gasteiger partial charge in [0, 0.05) is 20.3 Å². The fraction of sp³-hybridized carbons (Fsp3) is 0.500. The number of rotatable bonds is 24. The molecule has 0 saturated heterocycles. The molecule has 244 valence electrons. The number of nitro benzene ring substituents is 2. The highest BCUT2D eigenvalue weighted by atomic mass is 16.6. The van der Waals surface area contributed by atoms with Gasteiger partial charge in [0.05, 0.1) is 81.4 Å². The van der Waals surface area contributed by atoms with Crippen LogP contribution in [0.5, 0.6) is 23.0 Å². The van der Waals surface area contributed by atoms with Crippen molar-refractivity contribution in [3.05, 3.63) is 61.5 Å². The van der Waals surface area contributed by atoms with Gasteiger partial charge in [-0.2, -0.15) is 5.26 Å². The number of nitriles is 1. The third-order valence-electron chi connectivity index (χ3n) is 5.54. The van der Waals surface area contributed by atoms with Crippen LogP contribution in [0.3, 0.4) is 0 Å². The van der Waals surface area contributed by atoms with E-state index < -0.39 is 21.2 Å². The summed E-state index contributed by atoms with van der Waals surface area (Å²) in [6.45, 7) is 9.60. The van der Waals surface area contributed by atoms with E-state index in [9.17, 15) is 25.5 Å². The fourth-order valence-corrected chi connectivity index (χ4v) is 3.45. The number of ether oxygens (including phenoxy) is 9. The van der Waals surface area contributed by atoms with Crippen molar-refractivity contribution >= 4 is 17.1 Å². The second-order valence-corrected chi connectivity index (χ2v) is 8.56. The SMILES string of the molecule is [C-]#[N+]c1cc(OCCOC)c(OCCOCCOCCOCCOc2cc(C#N)c([N+](=O)[O-])cc2OCCOC)cc1[N+](=O)[O-]. The zero-order valence-electron chi connectivity index (χ0n) is 24.9. The molecular formula is C28H34N4O13. The minimum absolute atomic E-state index is 0.0715. The minimum Gasteiger partial charge on any atom is -0.489 e. The molecule has 45 heavy (non-hydrogen) atoms.